The Morgan fingerprint density at radius 2 is 2.20 bits per heavy atom. The molecule has 2 N–H and O–H groups in total. The summed E-state index contributed by atoms with van der Waals surface area (Å²) in [5.41, 5.74) is 1.46. The molecule has 0 fully saturated rings. The van der Waals surface area contributed by atoms with Gasteiger partial charge in [0.05, 0.1) is 6.54 Å². The van der Waals surface area contributed by atoms with Gasteiger partial charge in [0, 0.05) is 13.6 Å². The zero-order valence-corrected chi connectivity index (χ0v) is 8.93. The number of benzene rings is 1. The average Bonchev–Trinajstić information content (AvgIpc) is 2.23. The van der Waals surface area contributed by atoms with Crippen LogP contribution in [0.25, 0.3) is 0 Å². The van der Waals surface area contributed by atoms with Gasteiger partial charge in [-0.15, -0.1) is 0 Å². The van der Waals surface area contributed by atoms with Crippen LogP contribution in [0.4, 0.5) is 4.39 Å². The summed E-state index contributed by atoms with van der Waals surface area (Å²) in [6.07, 6.45) is 0. The lowest BCUT2D eigenvalue weighted by atomic mass is 10.1. The van der Waals surface area contributed by atoms with Crippen molar-refractivity contribution in [3.63, 3.8) is 0 Å². The smallest absolute Gasteiger partial charge is 0.233 e. The molecule has 1 amide bonds. The largest absolute Gasteiger partial charge is 0.358 e. The molecule has 0 aliphatic heterocycles. The van der Waals surface area contributed by atoms with Crippen LogP contribution in [0.15, 0.2) is 18.2 Å². The van der Waals surface area contributed by atoms with Gasteiger partial charge in [-0.1, -0.05) is 12.1 Å². The summed E-state index contributed by atoms with van der Waals surface area (Å²) in [7, 11) is 1.58. The number of hydrogen-bond donors (Lipinski definition) is 2. The van der Waals surface area contributed by atoms with Gasteiger partial charge in [0.2, 0.25) is 5.91 Å². The van der Waals surface area contributed by atoms with Crippen molar-refractivity contribution in [2.24, 2.45) is 0 Å². The summed E-state index contributed by atoms with van der Waals surface area (Å²) >= 11 is 0. The third-order valence-electron chi connectivity index (χ3n) is 2.13. The zero-order valence-electron chi connectivity index (χ0n) is 8.93. The van der Waals surface area contributed by atoms with Crippen molar-refractivity contribution < 1.29 is 9.18 Å². The second kappa shape index (κ2) is 5.46. The Labute approximate surface area is 88.7 Å². The molecule has 0 saturated carbocycles. The van der Waals surface area contributed by atoms with E-state index in [0.717, 1.165) is 5.56 Å². The minimum atomic E-state index is -0.214. The lowest BCUT2D eigenvalue weighted by Gasteiger charge is -2.05. The first-order chi connectivity index (χ1) is 7.13. The third kappa shape index (κ3) is 3.67. The lowest BCUT2D eigenvalue weighted by molar-refractivity contribution is -0.119. The van der Waals surface area contributed by atoms with Gasteiger partial charge in [-0.3, -0.25) is 4.79 Å². The third-order valence-corrected chi connectivity index (χ3v) is 2.13. The number of carbonyl (C=O) groups is 1. The fourth-order valence-corrected chi connectivity index (χ4v) is 1.16. The van der Waals surface area contributed by atoms with Crippen LogP contribution in [-0.2, 0) is 11.3 Å². The van der Waals surface area contributed by atoms with Crippen LogP contribution in [-0.4, -0.2) is 19.5 Å². The van der Waals surface area contributed by atoms with Gasteiger partial charge >= 0.3 is 0 Å². The maximum atomic E-state index is 13.1. The minimum Gasteiger partial charge on any atom is -0.358 e. The first-order valence-corrected chi connectivity index (χ1v) is 4.80. The molecular weight excluding hydrogens is 195 g/mol. The second-order valence-electron chi connectivity index (χ2n) is 3.36. The molecule has 1 aromatic carbocycles. The topological polar surface area (TPSA) is 41.1 Å². The minimum absolute atomic E-state index is 0.0809. The number of likely N-dealkylation sites (N-methyl/N-ethyl adjacent to an activating group) is 1. The Balaban J connectivity index is 2.44. The molecule has 0 bridgehead atoms. The molecule has 0 spiro atoms. The molecule has 1 aromatic rings. The highest BCUT2D eigenvalue weighted by Gasteiger charge is 2.00. The van der Waals surface area contributed by atoms with E-state index in [4.69, 9.17) is 0 Å². The maximum absolute atomic E-state index is 13.1. The predicted octanol–water partition coefficient (Wildman–Crippen LogP) is 0.970. The van der Waals surface area contributed by atoms with Crippen molar-refractivity contribution >= 4 is 5.91 Å². The molecule has 0 heterocycles. The number of nitrogens with one attached hydrogen (secondary N) is 2. The first-order valence-electron chi connectivity index (χ1n) is 4.80. The Morgan fingerprint density at radius 1 is 1.47 bits per heavy atom. The van der Waals surface area contributed by atoms with Crippen LogP contribution in [0.1, 0.15) is 11.1 Å². The molecule has 0 radical (unpaired) electrons. The van der Waals surface area contributed by atoms with Gasteiger partial charge in [0.25, 0.3) is 0 Å². The van der Waals surface area contributed by atoms with Crippen molar-refractivity contribution in [1.82, 2.24) is 10.6 Å². The van der Waals surface area contributed by atoms with Crippen molar-refractivity contribution in [3.8, 4) is 0 Å². The Hall–Kier alpha value is -1.42. The van der Waals surface area contributed by atoms with E-state index in [-0.39, 0.29) is 18.3 Å². The van der Waals surface area contributed by atoms with Gasteiger partial charge in [-0.2, -0.15) is 0 Å². The molecule has 0 saturated heterocycles. The highest BCUT2D eigenvalue weighted by molar-refractivity contribution is 5.77. The van der Waals surface area contributed by atoms with E-state index in [9.17, 15) is 9.18 Å². The molecule has 0 atom stereocenters. The van der Waals surface area contributed by atoms with Crippen LogP contribution >= 0.6 is 0 Å². The number of halogens is 1. The molecule has 0 aliphatic rings. The SMILES string of the molecule is CNC(=O)CNCc1ccc(C)c(F)c1. The van der Waals surface area contributed by atoms with E-state index >= 15 is 0 Å². The summed E-state index contributed by atoms with van der Waals surface area (Å²) in [6, 6.07) is 5.05. The van der Waals surface area contributed by atoms with E-state index in [1.807, 2.05) is 6.07 Å². The fraction of sp³-hybridized carbons (Fsp3) is 0.364. The van der Waals surface area contributed by atoms with E-state index in [1.165, 1.54) is 6.07 Å². The molecule has 0 aliphatic carbocycles. The lowest BCUT2D eigenvalue weighted by Crippen LogP contribution is -2.30. The molecule has 0 aromatic heterocycles. The summed E-state index contributed by atoms with van der Waals surface area (Å²) < 4.78 is 13.1. The number of hydrogen-bond acceptors (Lipinski definition) is 2. The van der Waals surface area contributed by atoms with Gasteiger partial charge in [0.15, 0.2) is 0 Å². The van der Waals surface area contributed by atoms with Crippen LogP contribution < -0.4 is 10.6 Å². The molecule has 1 rings (SSSR count). The fourth-order valence-electron chi connectivity index (χ4n) is 1.16. The van der Waals surface area contributed by atoms with Crippen LogP contribution in [0.3, 0.4) is 0 Å². The van der Waals surface area contributed by atoms with E-state index in [2.05, 4.69) is 10.6 Å². The molecule has 82 valence electrons. The van der Waals surface area contributed by atoms with Gasteiger partial charge in [0.1, 0.15) is 5.82 Å². The van der Waals surface area contributed by atoms with Crippen LogP contribution in [0.5, 0.6) is 0 Å². The van der Waals surface area contributed by atoms with E-state index in [1.54, 1.807) is 20.0 Å². The molecule has 15 heavy (non-hydrogen) atoms. The van der Waals surface area contributed by atoms with Gasteiger partial charge < -0.3 is 10.6 Å². The van der Waals surface area contributed by atoms with E-state index < -0.39 is 0 Å². The van der Waals surface area contributed by atoms with Crippen molar-refractivity contribution in [3.05, 3.63) is 35.1 Å². The van der Waals surface area contributed by atoms with Gasteiger partial charge in [-0.05, 0) is 24.1 Å². The Bertz CT molecular complexity index is 352. The second-order valence-corrected chi connectivity index (χ2v) is 3.36. The Kier molecular flexibility index (Phi) is 4.24. The standard InChI is InChI=1S/C11H15FN2O/c1-8-3-4-9(5-10(8)12)6-14-7-11(15)13-2/h3-5,14H,6-7H2,1-2H3,(H,13,15). The summed E-state index contributed by atoms with van der Waals surface area (Å²) in [6.45, 7) is 2.45. The molecule has 3 nitrogen and oxygen atoms in total. The zero-order chi connectivity index (χ0) is 11.3. The quantitative estimate of drug-likeness (QED) is 0.777. The normalized spacial score (nSPS) is 10.1. The van der Waals surface area contributed by atoms with E-state index in [0.29, 0.717) is 12.1 Å². The maximum Gasteiger partial charge on any atom is 0.233 e. The number of aryl methyl sites for hydroxylation is 1. The molecule has 4 heteroatoms. The number of carbonyl (C=O) groups excluding carboxylic acids is 1. The van der Waals surface area contributed by atoms with Crippen LogP contribution in [0, 0.1) is 12.7 Å². The number of rotatable bonds is 4. The monoisotopic (exact) mass is 210 g/mol. The summed E-state index contributed by atoms with van der Waals surface area (Å²) in [5.74, 6) is -0.295. The van der Waals surface area contributed by atoms with Crippen LogP contribution in [0.2, 0.25) is 0 Å². The summed E-state index contributed by atoms with van der Waals surface area (Å²) in [4.78, 5) is 10.9. The summed E-state index contributed by atoms with van der Waals surface area (Å²) in [5, 5.41) is 5.42. The Morgan fingerprint density at radius 3 is 2.80 bits per heavy atom. The predicted molar refractivity (Wildman–Crippen MR) is 56.9 cm³/mol. The van der Waals surface area contributed by atoms with Crippen molar-refractivity contribution in [1.29, 1.82) is 0 Å². The average molecular weight is 210 g/mol. The van der Waals surface area contributed by atoms with Crippen molar-refractivity contribution in [2.45, 2.75) is 13.5 Å². The molecular formula is C11H15FN2O. The molecule has 0 unspecified atom stereocenters. The number of amides is 1. The highest BCUT2D eigenvalue weighted by Crippen LogP contribution is 2.08. The highest BCUT2D eigenvalue weighted by atomic mass is 19.1. The first kappa shape index (κ1) is 11.7. The van der Waals surface area contributed by atoms with Gasteiger partial charge in [-0.25, -0.2) is 4.39 Å². The van der Waals surface area contributed by atoms with Crippen molar-refractivity contribution in [2.75, 3.05) is 13.6 Å².